The molecule has 1 aliphatic heterocycles. The van der Waals surface area contributed by atoms with Crippen LogP contribution in [0.2, 0.25) is 0 Å². The van der Waals surface area contributed by atoms with Gasteiger partial charge in [0.15, 0.2) is 5.13 Å². The van der Waals surface area contributed by atoms with Gasteiger partial charge in [-0.25, -0.2) is 14.2 Å². The number of hydrogen-bond acceptors (Lipinski definition) is 4. The van der Waals surface area contributed by atoms with Crippen molar-refractivity contribution >= 4 is 28.4 Å². The van der Waals surface area contributed by atoms with E-state index in [1.54, 1.807) is 12.3 Å². The van der Waals surface area contributed by atoms with Crippen molar-refractivity contribution in [3.8, 4) is 0 Å². The zero-order chi connectivity index (χ0) is 15.5. The molecule has 0 unspecified atom stereocenters. The van der Waals surface area contributed by atoms with E-state index in [1.807, 2.05) is 6.07 Å². The molecule has 22 heavy (non-hydrogen) atoms. The molecule has 1 aliphatic rings. The van der Waals surface area contributed by atoms with E-state index in [-0.39, 0.29) is 24.3 Å². The Hall–Kier alpha value is -2.48. The van der Waals surface area contributed by atoms with E-state index in [0.717, 1.165) is 10.4 Å². The molecule has 1 atom stereocenters. The van der Waals surface area contributed by atoms with Crippen LogP contribution in [0.1, 0.15) is 10.4 Å². The van der Waals surface area contributed by atoms with E-state index in [0.29, 0.717) is 11.6 Å². The Labute approximate surface area is 129 Å². The molecule has 0 spiro atoms. The molecule has 0 bridgehead atoms. The van der Waals surface area contributed by atoms with Crippen molar-refractivity contribution in [1.82, 2.24) is 15.6 Å². The Kier molecular flexibility index (Phi) is 4.01. The van der Waals surface area contributed by atoms with Gasteiger partial charge >= 0.3 is 6.03 Å². The molecule has 0 aliphatic carbocycles. The van der Waals surface area contributed by atoms with Gasteiger partial charge in [-0.1, -0.05) is 12.1 Å². The average Bonchev–Trinajstić information content (AvgIpc) is 3.08. The van der Waals surface area contributed by atoms with Gasteiger partial charge in [0.05, 0.1) is 0 Å². The summed E-state index contributed by atoms with van der Waals surface area (Å²) in [7, 11) is 0. The third-order valence-corrected chi connectivity index (χ3v) is 4.05. The maximum absolute atomic E-state index is 13.1. The van der Waals surface area contributed by atoms with Gasteiger partial charge in [0, 0.05) is 24.0 Å². The van der Waals surface area contributed by atoms with E-state index in [9.17, 15) is 14.0 Å². The van der Waals surface area contributed by atoms with Crippen LogP contribution in [0.25, 0.3) is 0 Å². The third kappa shape index (κ3) is 3.40. The minimum atomic E-state index is -0.594. The molecule has 3 amide bonds. The van der Waals surface area contributed by atoms with Gasteiger partial charge in [-0.2, -0.15) is 0 Å². The molecule has 2 aromatic rings. The highest BCUT2D eigenvalue weighted by Crippen LogP contribution is 2.21. The van der Waals surface area contributed by atoms with Crippen LogP contribution in [-0.2, 0) is 11.2 Å². The van der Waals surface area contributed by atoms with Crippen LogP contribution in [0.3, 0.4) is 0 Å². The summed E-state index contributed by atoms with van der Waals surface area (Å²) in [6.07, 6.45) is 2.20. The van der Waals surface area contributed by atoms with Crippen LogP contribution in [0.15, 0.2) is 30.5 Å². The summed E-state index contributed by atoms with van der Waals surface area (Å²) < 4.78 is 13.1. The Morgan fingerprint density at radius 1 is 1.50 bits per heavy atom. The topological polar surface area (TPSA) is 83.1 Å². The molecule has 0 saturated carbocycles. The maximum atomic E-state index is 13.1. The van der Waals surface area contributed by atoms with Gasteiger partial charge in [-0.05, 0) is 17.7 Å². The lowest BCUT2D eigenvalue weighted by Gasteiger charge is -2.06. The molecule has 1 aromatic carbocycles. The summed E-state index contributed by atoms with van der Waals surface area (Å²) in [5.41, 5.74) is 0.841. The Bertz CT molecular complexity index is 718. The van der Waals surface area contributed by atoms with Crippen LogP contribution in [0, 0.1) is 5.82 Å². The molecule has 1 fully saturated rings. The summed E-state index contributed by atoms with van der Waals surface area (Å²) in [6.45, 7) is 0.256. The molecular weight excluding hydrogens is 307 g/mol. The fourth-order valence-electron chi connectivity index (χ4n) is 2.10. The van der Waals surface area contributed by atoms with Gasteiger partial charge < -0.3 is 16.0 Å². The molecule has 1 aromatic heterocycles. The van der Waals surface area contributed by atoms with Gasteiger partial charge in [-0.3, -0.25) is 4.79 Å². The molecule has 3 rings (SSSR count). The molecule has 0 radical (unpaired) electrons. The first kappa shape index (κ1) is 14.5. The number of urea groups is 1. The van der Waals surface area contributed by atoms with E-state index >= 15 is 0 Å². The SMILES string of the molecule is O=C1NC[C@H](C(=O)Nc2ncc(Cc3cccc(F)c3)s2)N1. The highest BCUT2D eigenvalue weighted by molar-refractivity contribution is 7.15. The van der Waals surface area contributed by atoms with Gasteiger partial charge in [-0.15, -0.1) is 11.3 Å². The van der Waals surface area contributed by atoms with Crippen molar-refractivity contribution in [2.45, 2.75) is 12.5 Å². The second kappa shape index (κ2) is 6.10. The Morgan fingerprint density at radius 3 is 3.09 bits per heavy atom. The average molecular weight is 320 g/mol. The van der Waals surface area contributed by atoms with Crippen molar-refractivity contribution < 1.29 is 14.0 Å². The van der Waals surface area contributed by atoms with Gasteiger partial charge in [0.25, 0.3) is 5.91 Å². The standard InChI is InChI=1S/C14H13FN4O2S/c15-9-3-1-2-8(4-9)5-10-6-17-14(22-10)19-12(20)11-7-16-13(21)18-11/h1-4,6,11H,5,7H2,(H2,16,18,21)(H,17,19,20)/t11-/m1/s1. The zero-order valence-corrected chi connectivity index (χ0v) is 12.2. The molecule has 114 valence electrons. The summed E-state index contributed by atoms with van der Waals surface area (Å²) in [5.74, 6) is -0.593. The number of hydrogen-bond donors (Lipinski definition) is 3. The minimum Gasteiger partial charge on any atom is -0.336 e. The summed E-state index contributed by atoms with van der Waals surface area (Å²) >= 11 is 1.32. The van der Waals surface area contributed by atoms with Crippen LogP contribution in [0.5, 0.6) is 0 Å². The number of amides is 3. The number of rotatable bonds is 4. The van der Waals surface area contributed by atoms with Crippen LogP contribution < -0.4 is 16.0 Å². The van der Waals surface area contributed by atoms with Crippen LogP contribution >= 0.6 is 11.3 Å². The Balaban J connectivity index is 1.61. The lowest BCUT2D eigenvalue weighted by Crippen LogP contribution is -2.38. The first-order valence-electron chi connectivity index (χ1n) is 6.64. The fourth-order valence-corrected chi connectivity index (χ4v) is 2.95. The predicted molar refractivity (Wildman–Crippen MR) is 80.3 cm³/mol. The van der Waals surface area contributed by atoms with Crippen molar-refractivity contribution in [2.75, 3.05) is 11.9 Å². The highest BCUT2D eigenvalue weighted by Gasteiger charge is 2.27. The van der Waals surface area contributed by atoms with Crippen LogP contribution in [0.4, 0.5) is 14.3 Å². The van der Waals surface area contributed by atoms with E-state index in [4.69, 9.17) is 0 Å². The summed E-state index contributed by atoms with van der Waals surface area (Å²) in [5, 5.41) is 8.13. The third-order valence-electron chi connectivity index (χ3n) is 3.14. The molecule has 3 N–H and O–H groups in total. The number of nitrogens with one attached hydrogen (secondary N) is 3. The first-order chi connectivity index (χ1) is 10.6. The highest BCUT2D eigenvalue weighted by atomic mass is 32.1. The second-order valence-electron chi connectivity index (χ2n) is 4.83. The normalized spacial score (nSPS) is 17.0. The minimum absolute atomic E-state index is 0.256. The smallest absolute Gasteiger partial charge is 0.315 e. The van der Waals surface area contributed by atoms with Gasteiger partial charge in [0.1, 0.15) is 11.9 Å². The lowest BCUT2D eigenvalue weighted by atomic mass is 10.1. The van der Waals surface area contributed by atoms with E-state index < -0.39 is 6.04 Å². The van der Waals surface area contributed by atoms with Crippen molar-refractivity contribution in [3.63, 3.8) is 0 Å². The number of thiazole rings is 1. The van der Waals surface area contributed by atoms with Gasteiger partial charge in [0.2, 0.25) is 0 Å². The predicted octanol–water partition coefficient (Wildman–Crippen LogP) is 1.49. The number of anilines is 1. The second-order valence-corrected chi connectivity index (χ2v) is 5.95. The van der Waals surface area contributed by atoms with Crippen molar-refractivity contribution in [1.29, 1.82) is 0 Å². The van der Waals surface area contributed by atoms with E-state index in [1.165, 1.54) is 23.5 Å². The van der Waals surface area contributed by atoms with Crippen molar-refractivity contribution in [3.05, 3.63) is 46.7 Å². The van der Waals surface area contributed by atoms with Crippen molar-refractivity contribution in [2.24, 2.45) is 0 Å². The molecule has 1 saturated heterocycles. The number of aromatic nitrogens is 1. The molecule has 2 heterocycles. The molecule has 8 heteroatoms. The monoisotopic (exact) mass is 320 g/mol. The number of carbonyl (C=O) groups is 2. The number of carbonyl (C=O) groups excluding carboxylic acids is 2. The Morgan fingerprint density at radius 2 is 2.36 bits per heavy atom. The molecular formula is C14H13FN4O2S. The first-order valence-corrected chi connectivity index (χ1v) is 7.46. The lowest BCUT2D eigenvalue weighted by molar-refractivity contribution is -0.117. The number of nitrogens with zero attached hydrogens (tertiary/aromatic N) is 1. The zero-order valence-electron chi connectivity index (χ0n) is 11.4. The largest absolute Gasteiger partial charge is 0.336 e. The quantitative estimate of drug-likeness (QED) is 0.798. The summed E-state index contributed by atoms with van der Waals surface area (Å²) in [4.78, 5) is 28.0. The maximum Gasteiger partial charge on any atom is 0.315 e. The summed E-state index contributed by atoms with van der Waals surface area (Å²) in [6, 6.07) is 5.41. The molecule has 6 nitrogen and oxygen atoms in total. The fraction of sp³-hybridized carbons (Fsp3) is 0.214. The van der Waals surface area contributed by atoms with E-state index in [2.05, 4.69) is 20.9 Å². The van der Waals surface area contributed by atoms with Crippen LogP contribution in [-0.4, -0.2) is 29.5 Å². The number of benzene rings is 1. The number of halogens is 1.